The third-order valence-electron chi connectivity index (χ3n) is 2.94. The Morgan fingerprint density at radius 3 is 2.53 bits per heavy atom. The fourth-order valence-corrected chi connectivity index (χ4v) is 2.80. The Morgan fingerprint density at radius 1 is 1.33 bits per heavy atom. The summed E-state index contributed by atoms with van der Waals surface area (Å²) in [7, 11) is 0. The number of aliphatic hydroxyl groups is 1. The second-order valence-corrected chi connectivity index (χ2v) is 5.32. The summed E-state index contributed by atoms with van der Waals surface area (Å²) >= 11 is 1.74. The molecule has 0 heterocycles. The molecule has 0 aliphatic heterocycles. The molecule has 1 atom stereocenters. The number of hydrogen-bond donors (Lipinski definition) is 2. The van der Waals surface area contributed by atoms with E-state index >= 15 is 0 Å². The molecule has 1 aliphatic carbocycles. The quantitative estimate of drug-likeness (QED) is 0.749. The molecule has 0 amide bonds. The lowest BCUT2D eigenvalue weighted by Crippen LogP contribution is -2.48. The molecule has 1 saturated carbocycles. The van der Waals surface area contributed by atoms with Crippen LogP contribution in [0.1, 0.15) is 12.8 Å². The van der Waals surface area contributed by atoms with Crippen LogP contribution in [0.25, 0.3) is 0 Å². The first-order valence-corrected chi connectivity index (χ1v) is 6.31. The standard InChI is InChI=1S/C12H17NOS/c13-12(8-14,10-6-7-10)9-15-11-4-2-1-3-5-11/h1-5,10,14H,6-9,13H2. The number of rotatable bonds is 5. The minimum atomic E-state index is -0.374. The van der Waals surface area contributed by atoms with Crippen molar-refractivity contribution in [2.45, 2.75) is 23.3 Å². The first-order valence-electron chi connectivity index (χ1n) is 5.32. The Hall–Kier alpha value is -0.510. The number of benzene rings is 1. The van der Waals surface area contributed by atoms with Crippen molar-refractivity contribution in [1.82, 2.24) is 0 Å². The van der Waals surface area contributed by atoms with Crippen molar-refractivity contribution >= 4 is 11.8 Å². The SMILES string of the molecule is NC(CO)(CSc1ccccc1)C1CC1. The first kappa shape index (κ1) is 11.0. The maximum absolute atomic E-state index is 9.34. The van der Waals surface area contributed by atoms with E-state index in [0.717, 1.165) is 5.75 Å². The van der Waals surface area contributed by atoms with E-state index in [1.807, 2.05) is 18.2 Å². The Labute approximate surface area is 94.9 Å². The summed E-state index contributed by atoms with van der Waals surface area (Å²) in [5.74, 6) is 1.33. The van der Waals surface area contributed by atoms with Crippen LogP contribution in [0.15, 0.2) is 35.2 Å². The predicted molar refractivity (Wildman–Crippen MR) is 63.9 cm³/mol. The van der Waals surface area contributed by atoms with Crippen LogP contribution in [0.4, 0.5) is 0 Å². The summed E-state index contributed by atoms with van der Waals surface area (Å²) in [6, 6.07) is 10.2. The summed E-state index contributed by atoms with van der Waals surface area (Å²) in [6.07, 6.45) is 2.35. The van der Waals surface area contributed by atoms with Gasteiger partial charge in [-0.1, -0.05) is 18.2 Å². The molecule has 0 aromatic heterocycles. The second-order valence-electron chi connectivity index (χ2n) is 4.27. The van der Waals surface area contributed by atoms with Crippen LogP contribution < -0.4 is 5.73 Å². The van der Waals surface area contributed by atoms with E-state index in [0.29, 0.717) is 5.92 Å². The highest BCUT2D eigenvalue weighted by Crippen LogP contribution is 2.40. The van der Waals surface area contributed by atoms with E-state index in [-0.39, 0.29) is 12.1 Å². The maximum atomic E-state index is 9.34. The van der Waals surface area contributed by atoms with Crippen molar-refractivity contribution in [2.24, 2.45) is 11.7 Å². The van der Waals surface area contributed by atoms with Gasteiger partial charge in [-0.15, -0.1) is 11.8 Å². The number of hydrogen-bond acceptors (Lipinski definition) is 3. The lowest BCUT2D eigenvalue weighted by Gasteiger charge is -2.26. The topological polar surface area (TPSA) is 46.2 Å². The third kappa shape index (κ3) is 2.74. The van der Waals surface area contributed by atoms with Crippen LogP contribution in [0.5, 0.6) is 0 Å². The van der Waals surface area contributed by atoms with Crippen molar-refractivity contribution in [1.29, 1.82) is 0 Å². The Kier molecular flexibility index (Phi) is 3.34. The van der Waals surface area contributed by atoms with E-state index in [4.69, 9.17) is 5.73 Å². The van der Waals surface area contributed by atoms with Crippen LogP contribution in [0.2, 0.25) is 0 Å². The molecule has 2 nitrogen and oxygen atoms in total. The summed E-state index contributed by atoms with van der Waals surface area (Å²) in [6.45, 7) is 0.0947. The van der Waals surface area contributed by atoms with E-state index in [1.165, 1.54) is 17.7 Å². The Bertz CT molecular complexity index is 313. The number of aliphatic hydroxyl groups excluding tert-OH is 1. The number of nitrogens with two attached hydrogens (primary N) is 1. The van der Waals surface area contributed by atoms with Gasteiger partial charge in [0.2, 0.25) is 0 Å². The smallest absolute Gasteiger partial charge is 0.0622 e. The molecular formula is C12H17NOS. The van der Waals surface area contributed by atoms with Crippen LogP contribution in [-0.4, -0.2) is 23.0 Å². The minimum absolute atomic E-state index is 0.0947. The minimum Gasteiger partial charge on any atom is -0.394 e. The van der Waals surface area contributed by atoms with Crippen LogP contribution in [0.3, 0.4) is 0 Å². The second kappa shape index (κ2) is 4.56. The lowest BCUT2D eigenvalue weighted by molar-refractivity contribution is 0.194. The van der Waals surface area contributed by atoms with Gasteiger partial charge in [0.15, 0.2) is 0 Å². The van der Waals surface area contributed by atoms with E-state index in [9.17, 15) is 5.11 Å². The maximum Gasteiger partial charge on any atom is 0.0622 e. The van der Waals surface area contributed by atoms with E-state index in [2.05, 4.69) is 12.1 Å². The molecule has 1 aromatic carbocycles. The van der Waals surface area contributed by atoms with Gasteiger partial charge in [0.25, 0.3) is 0 Å². The molecule has 3 N–H and O–H groups in total. The average Bonchev–Trinajstić information content (AvgIpc) is 3.11. The average molecular weight is 223 g/mol. The molecule has 2 rings (SSSR count). The van der Waals surface area contributed by atoms with Crippen LogP contribution in [-0.2, 0) is 0 Å². The molecule has 1 aromatic rings. The highest BCUT2D eigenvalue weighted by molar-refractivity contribution is 7.99. The molecule has 0 bridgehead atoms. The summed E-state index contributed by atoms with van der Waals surface area (Å²) in [5.41, 5.74) is 5.81. The highest BCUT2D eigenvalue weighted by atomic mass is 32.2. The Morgan fingerprint density at radius 2 is 2.00 bits per heavy atom. The molecule has 1 fully saturated rings. The first-order chi connectivity index (χ1) is 7.24. The van der Waals surface area contributed by atoms with Crippen LogP contribution >= 0.6 is 11.8 Å². The molecule has 1 aliphatic rings. The molecule has 3 heteroatoms. The molecule has 0 spiro atoms. The van der Waals surface area contributed by atoms with Crippen molar-refractivity contribution in [3.05, 3.63) is 30.3 Å². The fraction of sp³-hybridized carbons (Fsp3) is 0.500. The van der Waals surface area contributed by atoms with Gasteiger partial charge >= 0.3 is 0 Å². The van der Waals surface area contributed by atoms with Crippen molar-refractivity contribution < 1.29 is 5.11 Å². The van der Waals surface area contributed by atoms with Gasteiger partial charge in [-0.3, -0.25) is 0 Å². The summed E-state index contributed by atoms with van der Waals surface area (Å²) in [4.78, 5) is 1.22. The molecule has 15 heavy (non-hydrogen) atoms. The van der Waals surface area contributed by atoms with Gasteiger partial charge in [-0.05, 0) is 30.9 Å². The van der Waals surface area contributed by atoms with Gasteiger partial charge < -0.3 is 10.8 Å². The van der Waals surface area contributed by atoms with Crippen molar-refractivity contribution in [2.75, 3.05) is 12.4 Å². The monoisotopic (exact) mass is 223 g/mol. The van der Waals surface area contributed by atoms with Crippen molar-refractivity contribution in [3.63, 3.8) is 0 Å². The van der Waals surface area contributed by atoms with Crippen LogP contribution in [0, 0.1) is 5.92 Å². The normalized spacial score (nSPS) is 19.9. The van der Waals surface area contributed by atoms with Gasteiger partial charge in [-0.25, -0.2) is 0 Å². The molecule has 0 saturated heterocycles. The predicted octanol–water partition coefficient (Wildman–Crippen LogP) is 1.88. The molecule has 82 valence electrons. The number of thioether (sulfide) groups is 1. The molecule has 1 unspecified atom stereocenters. The van der Waals surface area contributed by atoms with E-state index < -0.39 is 0 Å². The zero-order chi connectivity index (χ0) is 10.7. The third-order valence-corrected chi connectivity index (χ3v) is 4.22. The van der Waals surface area contributed by atoms with E-state index in [1.54, 1.807) is 11.8 Å². The molecule has 0 radical (unpaired) electrons. The Balaban J connectivity index is 1.91. The van der Waals surface area contributed by atoms with Gasteiger partial charge in [-0.2, -0.15) is 0 Å². The van der Waals surface area contributed by atoms with Crippen molar-refractivity contribution in [3.8, 4) is 0 Å². The largest absolute Gasteiger partial charge is 0.394 e. The zero-order valence-corrected chi connectivity index (χ0v) is 9.54. The lowest BCUT2D eigenvalue weighted by atomic mass is 9.99. The zero-order valence-electron chi connectivity index (χ0n) is 8.73. The summed E-state index contributed by atoms with van der Waals surface area (Å²) in [5, 5.41) is 9.34. The van der Waals surface area contributed by atoms with Gasteiger partial charge in [0.05, 0.1) is 12.1 Å². The fourth-order valence-electron chi connectivity index (χ4n) is 1.69. The highest BCUT2D eigenvalue weighted by Gasteiger charge is 2.41. The summed E-state index contributed by atoms with van der Waals surface area (Å²) < 4.78 is 0. The molecular weight excluding hydrogens is 206 g/mol. The van der Waals surface area contributed by atoms with Gasteiger partial charge in [0, 0.05) is 10.6 Å². The van der Waals surface area contributed by atoms with Gasteiger partial charge in [0.1, 0.15) is 0 Å².